The van der Waals surface area contributed by atoms with Gasteiger partial charge in [-0.25, -0.2) is 0 Å². The van der Waals surface area contributed by atoms with Gasteiger partial charge in [-0.15, -0.1) is 0 Å². The van der Waals surface area contributed by atoms with Crippen LogP contribution in [0.1, 0.15) is 42.6 Å². The predicted octanol–water partition coefficient (Wildman–Crippen LogP) is 4.22. The molecule has 1 N–H and O–H groups in total. The van der Waals surface area contributed by atoms with Gasteiger partial charge in [0.15, 0.2) is 5.76 Å². The van der Waals surface area contributed by atoms with Gasteiger partial charge < -0.3 is 23.8 Å². The van der Waals surface area contributed by atoms with Gasteiger partial charge in [-0.05, 0) is 44.9 Å². The minimum Gasteiger partial charge on any atom is -0.496 e. The van der Waals surface area contributed by atoms with Crippen LogP contribution in [0.4, 0.5) is 5.88 Å². The fourth-order valence-electron chi connectivity index (χ4n) is 4.05. The van der Waals surface area contributed by atoms with Crippen molar-refractivity contribution < 1.29 is 18.4 Å². The highest BCUT2D eigenvalue weighted by Crippen LogP contribution is 2.32. The first-order chi connectivity index (χ1) is 15.5. The number of methoxy groups -OCH3 is 1. The number of carbonyl (C=O) groups excluding carboxylic acids is 1. The summed E-state index contributed by atoms with van der Waals surface area (Å²) in [5.74, 6) is 1.86. The molecule has 8 heteroatoms. The summed E-state index contributed by atoms with van der Waals surface area (Å²) in [6.07, 6.45) is 2.85. The normalized spacial score (nSPS) is 15.2. The van der Waals surface area contributed by atoms with E-state index in [1.54, 1.807) is 19.2 Å². The highest BCUT2D eigenvalue weighted by atomic mass is 16.5. The molecule has 0 spiro atoms. The molecule has 166 valence electrons. The lowest BCUT2D eigenvalue weighted by Gasteiger charge is -2.31. The van der Waals surface area contributed by atoms with E-state index in [1.165, 1.54) is 6.26 Å². The summed E-state index contributed by atoms with van der Waals surface area (Å²) in [5.41, 5.74) is 2.30. The Morgan fingerprint density at radius 3 is 2.78 bits per heavy atom. The van der Waals surface area contributed by atoms with Gasteiger partial charge in [0.1, 0.15) is 11.8 Å². The third-order valence-electron chi connectivity index (χ3n) is 5.81. The van der Waals surface area contributed by atoms with E-state index in [9.17, 15) is 10.1 Å². The quantitative estimate of drug-likeness (QED) is 0.619. The largest absolute Gasteiger partial charge is 0.496 e. The van der Waals surface area contributed by atoms with Gasteiger partial charge in [0.25, 0.3) is 5.89 Å². The van der Waals surface area contributed by atoms with E-state index in [2.05, 4.69) is 16.4 Å². The van der Waals surface area contributed by atoms with E-state index >= 15 is 0 Å². The zero-order chi connectivity index (χ0) is 22.7. The molecule has 32 heavy (non-hydrogen) atoms. The molecule has 0 saturated carbocycles. The van der Waals surface area contributed by atoms with Gasteiger partial charge in [0.05, 0.1) is 19.4 Å². The first-order valence-corrected chi connectivity index (χ1v) is 10.6. The van der Waals surface area contributed by atoms with Crippen molar-refractivity contribution in [3.8, 4) is 23.5 Å². The SMILES string of the molecule is COc1ccc(C)cc1C(C)NC(=O)C1CCN(c2oc(-c3ccco3)nc2C#N)CC1. The molecule has 1 aromatic carbocycles. The second-order valence-electron chi connectivity index (χ2n) is 8.00. The average molecular weight is 434 g/mol. The number of piperidine rings is 1. The second kappa shape index (κ2) is 9.18. The number of rotatable bonds is 6. The Morgan fingerprint density at radius 2 is 2.12 bits per heavy atom. The Morgan fingerprint density at radius 1 is 1.34 bits per heavy atom. The highest BCUT2D eigenvalue weighted by Gasteiger charge is 2.30. The minimum atomic E-state index is -0.161. The number of carbonyl (C=O) groups is 1. The molecule has 1 atom stereocenters. The molecular weight excluding hydrogens is 408 g/mol. The van der Waals surface area contributed by atoms with Gasteiger partial charge in [-0.2, -0.15) is 10.2 Å². The van der Waals surface area contributed by atoms with E-state index in [-0.39, 0.29) is 29.5 Å². The number of furan rings is 1. The van der Waals surface area contributed by atoms with Crippen LogP contribution in [0.15, 0.2) is 45.4 Å². The van der Waals surface area contributed by atoms with Crippen LogP contribution in [0, 0.1) is 24.2 Å². The molecule has 2 aromatic heterocycles. The maximum absolute atomic E-state index is 12.9. The summed E-state index contributed by atoms with van der Waals surface area (Å²) in [5, 5.41) is 12.6. The standard InChI is InChI=1S/C24H26N4O4/c1-15-6-7-20(30-3)18(13-15)16(2)26-22(29)17-8-10-28(11-9-17)24-19(14-25)27-23(32-24)21-5-4-12-31-21/h4-7,12-13,16-17H,8-11H2,1-3H3,(H,26,29). The van der Waals surface area contributed by atoms with Crippen LogP contribution in [0.5, 0.6) is 5.75 Å². The maximum atomic E-state index is 12.9. The van der Waals surface area contributed by atoms with Crippen LogP contribution in [0.25, 0.3) is 11.7 Å². The molecule has 1 saturated heterocycles. The number of hydrogen-bond acceptors (Lipinski definition) is 7. The van der Waals surface area contributed by atoms with Gasteiger partial charge in [0.2, 0.25) is 17.5 Å². The summed E-state index contributed by atoms with van der Waals surface area (Å²) in [4.78, 5) is 19.1. The van der Waals surface area contributed by atoms with E-state index in [4.69, 9.17) is 13.6 Å². The Labute approximate surface area is 186 Å². The number of benzene rings is 1. The monoisotopic (exact) mass is 434 g/mol. The average Bonchev–Trinajstić information content (AvgIpc) is 3.49. The van der Waals surface area contributed by atoms with Crippen molar-refractivity contribution in [3.05, 3.63) is 53.4 Å². The molecule has 1 amide bonds. The molecule has 1 aliphatic heterocycles. The Bertz CT molecular complexity index is 1120. The van der Waals surface area contributed by atoms with Crippen molar-refractivity contribution >= 4 is 11.8 Å². The lowest BCUT2D eigenvalue weighted by molar-refractivity contribution is -0.126. The lowest BCUT2D eigenvalue weighted by Crippen LogP contribution is -2.41. The lowest BCUT2D eigenvalue weighted by atomic mass is 9.95. The third-order valence-corrected chi connectivity index (χ3v) is 5.81. The summed E-state index contributed by atoms with van der Waals surface area (Å²) < 4.78 is 16.6. The summed E-state index contributed by atoms with van der Waals surface area (Å²) in [6.45, 7) is 5.18. The fraction of sp³-hybridized carbons (Fsp3) is 0.375. The van der Waals surface area contributed by atoms with Crippen LogP contribution in [-0.2, 0) is 4.79 Å². The van der Waals surface area contributed by atoms with Crippen molar-refractivity contribution in [2.75, 3.05) is 25.1 Å². The topological polar surface area (TPSA) is 105 Å². The Kier molecular flexibility index (Phi) is 6.17. The second-order valence-corrected chi connectivity index (χ2v) is 8.00. The highest BCUT2D eigenvalue weighted by molar-refractivity contribution is 5.79. The van der Waals surface area contributed by atoms with Crippen molar-refractivity contribution in [3.63, 3.8) is 0 Å². The van der Waals surface area contributed by atoms with Crippen LogP contribution < -0.4 is 15.0 Å². The van der Waals surface area contributed by atoms with E-state index < -0.39 is 0 Å². The van der Waals surface area contributed by atoms with E-state index in [1.807, 2.05) is 36.9 Å². The van der Waals surface area contributed by atoms with E-state index in [0.717, 1.165) is 16.9 Å². The van der Waals surface area contributed by atoms with Crippen molar-refractivity contribution in [1.82, 2.24) is 10.3 Å². The molecule has 8 nitrogen and oxygen atoms in total. The number of nitrogens with zero attached hydrogens (tertiary/aromatic N) is 3. The summed E-state index contributed by atoms with van der Waals surface area (Å²) in [7, 11) is 1.63. The number of nitriles is 1. The molecule has 1 fully saturated rings. The maximum Gasteiger partial charge on any atom is 0.266 e. The minimum absolute atomic E-state index is 0.0232. The first kappa shape index (κ1) is 21.5. The number of oxazole rings is 1. The molecule has 1 aliphatic rings. The van der Waals surface area contributed by atoms with Crippen molar-refractivity contribution in [2.24, 2.45) is 5.92 Å². The molecular formula is C24H26N4O4. The molecule has 3 aromatic rings. The number of hydrogen-bond donors (Lipinski definition) is 1. The van der Waals surface area contributed by atoms with E-state index in [0.29, 0.717) is 37.6 Å². The molecule has 0 bridgehead atoms. The number of amides is 1. The van der Waals surface area contributed by atoms with Gasteiger partial charge >= 0.3 is 0 Å². The number of anilines is 1. The zero-order valence-corrected chi connectivity index (χ0v) is 18.4. The van der Waals surface area contributed by atoms with Crippen LogP contribution in [0.3, 0.4) is 0 Å². The summed E-state index contributed by atoms with van der Waals surface area (Å²) >= 11 is 0. The summed E-state index contributed by atoms with van der Waals surface area (Å²) in [6, 6.07) is 11.4. The van der Waals surface area contributed by atoms with Gasteiger partial charge in [-0.1, -0.05) is 17.7 Å². The number of aryl methyl sites for hydroxylation is 1. The molecule has 0 radical (unpaired) electrons. The van der Waals surface area contributed by atoms with Crippen molar-refractivity contribution in [1.29, 1.82) is 5.26 Å². The zero-order valence-electron chi connectivity index (χ0n) is 18.4. The van der Waals surface area contributed by atoms with Crippen LogP contribution >= 0.6 is 0 Å². The number of nitrogens with one attached hydrogen (secondary N) is 1. The number of aromatic nitrogens is 1. The van der Waals surface area contributed by atoms with Crippen LogP contribution in [0.2, 0.25) is 0 Å². The van der Waals surface area contributed by atoms with Crippen molar-refractivity contribution in [2.45, 2.75) is 32.7 Å². The Hall–Kier alpha value is -3.73. The fourth-order valence-corrected chi connectivity index (χ4v) is 4.05. The predicted molar refractivity (Wildman–Crippen MR) is 118 cm³/mol. The molecule has 3 heterocycles. The molecule has 1 unspecified atom stereocenters. The first-order valence-electron chi connectivity index (χ1n) is 10.6. The van der Waals surface area contributed by atoms with Gasteiger partial charge in [-0.3, -0.25) is 4.79 Å². The molecule has 4 rings (SSSR count). The Balaban J connectivity index is 1.39. The number of ether oxygens (including phenoxy) is 1. The molecule has 0 aliphatic carbocycles. The van der Waals surface area contributed by atoms with Gasteiger partial charge in [0, 0.05) is 24.6 Å². The third kappa shape index (κ3) is 4.33. The van der Waals surface area contributed by atoms with Crippen LogP contribution in [-0.4, -0.2) is 31.1 Å². The smallest absolute Gasteiger partial charge is 0.266 e.